The summed E-state index contributed by atoms with van der Waals surface area (Å²) in [7, 11) is 0. The van der Waals surface area contributed by atoms with Crippen LogP contribution < -0.4 is 0 Å². The number of nitriles is 1. The van der Waals surface area contributed by atoms with Gasteiger partial charge in [0, 0.05) is 11.1 Å². The Morgan fingerprint density at radius 1 is 1.45 bits per heavy atom. The van der Waals surface area contributed by atoms with E-state index in [9.17, 15) is 5.26 Å². The predicted molar refractivity (Wildman–Crippen MR) is 83.1 cm³/mol. The largest absolute Gasteiger partial charge is 0.289 e. The second kappa shape index (κ2) is 6.38. The zero-order chi connectivity index (χ0) is 14.7. The lowest BCUT2D eigenvalue weighted by atomic mass is 10.1. The normalized spacial score (nSPS) is 13.0. The third kappa shape index (κ3) is 2.58. The lowest BCUT2D eigenvalue weighted by Gasteiger charge is -2.25. The first kappa shape index (κ1) is 15.0. The molecule has 0 radical (unpaired) electrons. The number of rotatable bonds is 6. The van der Waals surface area contributed by atoms with Crippen LogP contribution in [0.3, 0.4) is 0 Å². The molecule has 2 aromatic rings. The molecule has 2 aromatic heterocycles. The Bertz CT molecular complexity index is 620. The van der Waals surface area contributed by atoms with E-state index in [4.69, 9.17) is 0 Å². The summed E-state index contributed by atoms with van der Waals surface area (Å²) in [6.45, 7) is 10.2. The van der Waals surface area contributed by atoms with Gasteiger partial charge in [-0.15, -0.1) is 11.3 Å². The van der Waals surface area contributed by atoms with Gasteiger partial charge in [-0.05, 0) is 33.4 Å². The number of aromatic nitrogens is 2. The Hall–Kier alpha value is -1.38. The molecule has 0 aliphatic carbocycles. The number of aryl methyl sites for hydroxylation is 2. The molecule has 0 aliphatic rings. The van der Waals surface area contributed by atoms with Crippen molar-refractivity contribution in [2.75, 3.05) is 13.1 Å². The molecule has 0 aliphatic heterocycles. The first-order valence-corrected chi connectivity index (χ1v) is 8.08. The Morgan fingerprint density at radius 2 is 2.20 bits per heavy atom. The van der Waals surface area contributed by atoms with Gasteiger partial charge in [-0.2, -0.15) is 5.26 Å². The summed E-state index contributed by atoms with van der Waals surface area (Å²) in [5.41, 5.74) is 3.17. The fraction of sp³-hybridized carbons (Fsp3) is 0.600. The van der Waals surface area contributed by atoms with Gasteiger partial charge in [0.25, 0.3) is 0 Å². The van der Waals surface area contributed by atoms with E-state index in [2.05, 4.69) is 46.5 Å². The number of thiazole rings is 1. The lowest BCUT2D eigenvalue weighted by Crippen LogP contribution is -2.30. The quantitative estimate of drug-likeness (QED) is 0.815. The molecule has 1 atom stereocenters. The van der Waals surface area contributed by atoms with Gasteiger partial charge in [-0.25, -0.2) is 4.98 Å². The molecule has 5 heteroatoms. The highest BCUT2D eigenvalue weighted by Gasteiger charge is 2.25. The molecule has 108 valence electrons. The van der Waals surface area contributed by atoms with Crippen molar-refractivity contribution in [3.8, 4) is 6.07 Å². The smallest absolute Gasteiger partial charge is 0.194 e. The minimum Gasteiger partial charge on any atom is -0.289 e. The van der Waals surface area contributed by atoms with Crippen LogP contribution in [-0.4, -0.2) is 27.4 Å². The second-order valence-corrected chi connectivity index (χ2v) is 5.93. The summed E-state index contributed by atoms with van der Waals surface area (Å²) in [6, 6.07) is 2.27. The Balaban J connectivity index is 2.45. The summed E-state index contributed by atoms with van der Waals surface area (Å²) in [5, 5.41) is 11.8. The molecule has 2 rings (SSSR count). The second-order valence-electron chi connectivity index (χ2n) is 5.09. The van der Waals surface area contributed by atoms with Crippen molar-refractivity contribution in [1.82, 2.24) is 14.3 Å². The van der Waals surface area contributed by atoms with E-state index in [1.807, 2.05) is 6.92 Å². The minimum atomic E-state index is -0.213. The van der Waals surface area contributed by atoms with Crippen LogP contribution in [0.25, 0.3) is 4.96 Å². The summed E-state index contributed by atoms with van der Waals surface area (Å²) in [6.07, 6.45) is 2.27. The average molecular weight is 290 g/mol. The van der Waals surface area contributed by atoms with Gasteiger partial charge in [-0.1, -0.05) is 20.3 Å². The van der Waals surface area contributed by atoms with Crippen molar-refractivity contribution in [3.05, 3.63) is 22.5 Å². The van der Waals surface area contributed by atoms with Gasteiger partial charge in [0.1, 0.15) is 6.04 Å². The van der Waals surface area contributed by atoms with E-state index < -0.39 is 0 Å². The van der Waals surface area contributed by atoms with E-state index in [1.54, 1.807) is 11.3 Å². The first-order chi connectivity index (χ1) is 9.63. The number of unbranched alkanes of at least 4 members (excludes halogenated alkanes) is 1. The molecule has 0 N–H and O–H groups in total. The monoisotopic (exact) mass is 290 g/mol. The third-order valence-corrected chi connectivity index (χ3v) is 4.65. The van der Waals surface area contributed by atoms with Gasteiger partial charge in [-0.3, -0.25) is 9.30 Å². The molecule has 0 saturated carbocycles. The SMILES string of the molecule is CCCCN(CC)C(C#N)c1c(C)nc2scc(C)n12. The molecule has 20 heavy (non-hydrogen) atoms. The number of hydrogen-bond acceptors (Lipinski definition) is 4. The van der Waals surface area contributed by atoms with Crippen LogP contribution in [0.1, 0.15) is 49.8 Å². The zero-order valence-electron chi connectivity index (χ0n) is 12.7. The van der Waals surface area contributed by atoms with E-state index in [1.165, 1.54) is 0 Å². The number of fused-ring (bicyclic) bond motifs is 1. The van der Waals surface area contributed by atoms with E-state index in [0.717, 1.165) is 48.0 Å². The van der Waals surface area contributed by atoms with Crippen LogP contribution in [0.5, 0.6) is 0 Å². The van der Waals surface area contributed by atoms with Gasteiger partial charge < -0.3 is 0 Å². The molecule has 0 fully saturated rings. The highest BCUT2D eigenvalue weighted by atomic mass is 32.1. The Kier molecular flexibility index (Phi) is 4.79. The van der Waals surface area contributed by atoms with Crippen LogP contribution in [0.2, 0.25) is 0 Å². The van der Waals surface area contributed by atoms with Crippen molar-refractivity contribution in [1.29, 1.82) is 5.26 Å². The minimum absolute atomic E-state index is 0.213. The summed E-state index contributed by atoms with van der Waals surface area (Å²) in [4.78, 5) is 7.84. The van der Waals surface area contributed by atoms with Crippen LogP contribution in [0.4, 0.5) is 0 Å². The molecule has 1 unspecified atom stereocenters. The van der Waals surface area contributed by atoms with E-state index in [0.29, 0.717) is 0 Å². The Morgan fingerprint density at radius 3 is 2.80 bits per heavy atom. The first-order valence-electron chi connectivity index (χ1n) is 7.20. The maximum absolute atomic E-state index is 9.68. The van der Waals surface area contributed by atoms with Gasteiger partial charge >= 0.3 is 0 Å². The van der Waals surface area contributed by atoms with Crippen molar-refractivity contribution in [2.45, 2.75) is 46.6 Å². The molecule has 0 spiro atoms. The molecular formula is C15H22N4S. The van der Waals surface area contributed by atoms with Gasteiger partial charge in [0.2, 0.25) is 0 Å². The lowest BCUT2D eigenvalue weighted by molar-refractivity contribution is 0.240. The summed E-state index contributed by atoms with van der Waals surface area (Å²) >= 11 is 1.64. The number of imidazole rings is 1. The molecule has 2 heterocycles. The van der Waals surface area contributed by atoms with Crippen LogP contribution in [0, 0.1) is 25.2 Å². The highest BCUT2D eigenvalue weighted by Crippen LogP contribution is 2.28. The van der Waals surface area contributed by atoms with Gasteiger partial charge in [0.05, 0.1) is 17.5 Å². The maximum Gasteiger partial charge on any atom is 0.194 e. The molecule has 0 saturated heterocycles. The van der Waals surface area contributed by atoms with Crippen molar-refractivity contribution in [3.63, 3.8) is 0 Å². The summed E-state index contributed by atoms with van der Waals surface area (Å²) in [5.74, 6) is 0. The molecule has 0 bridgehead atoms. The number of nitrogens with zero attached hydrogens (tertiary/aromatic N) is 4. The third-order valence-electron chi connectivity index (χ3n) is 3.71. The van der Waals surface area contributed by atoms with Crippen LogP contribution in [-0.2, 0) is 0 Å². The van der Waals surface area contributed by atoms with Gasteiger partial charge in [0.15, 0.2) is 4.96 Å². The topological polar surface area (TPSA) is 44.3 Å². The Labute approximate surface area is 124 Å². The van der Waals surface area contributed by atoms with E-state index in [-0.39, 0.29) is 6.04 Å². The van der Waals surface area contributed by atoms with Crippen molar-refractivity contribution in [2.24, 2.45) is 0 Å². The fourth-order valence-corrected chi connectivity index (χ4v) is 3.51. The zero-order valence-corrected chi connectivity index (χ0v) is 13.5. The standard InChI is InChI=1S/C15H22N4S/c1-5-7-8-18(6-2)13(9-16)14-12(4)17-15-19(14)11(3)10-20-15/h10,13H,5-8H2,1-4H3. The van der Waals surface area contributed by atoms with Crippen molar-refractivity contribution < 1.29 is 0 Å². The average Bonchev–Trinajstić information content (AvgIpc) is 2.95. The van der Waals surface area contributed by atoms with Crippen LogP contribution >= 0.6 is 11.3 Å². The molecular weight excluding hydrogens is 268 g/mol. The predicted octanol–water partition coefficient (Wildman–Crippen LogP) is 3.70. The van der Waals surface area contributed by atoms with E-state index >= 15 is 0 Å². The van der Waals surface area contributed by atoms with Crippen LogP contribution in [0.15, 0.2) is 5.38 Å². The number of hydrogen-bond donors (Lipinski definition) is 0. The molecule has 4 nitrogen and oxygen atoms in total. The molecule has 0 aromatic carbocycles. The summed E-state index contributed by atoms with van der Waals surface area (Å²) < 4.78 is 2.14. The maximum atomic E-state index is 9.68. The fourth-order valence-electron chi connectivity index (χ4n) is 2.59. The highest BCUT2D eigenvalue weighted by molar-refractivity contribution is 7.15. The molecule has 0 amide bonds. The van der Waals surface area contributed by atoms with Crippen molar-refractivity contribution >= 4 is 16.3 Å².